The van der Waals surface area contributed by atoms with Crippen LogP contribution in [0, 0.1) is 6.92 Å². The molecule has 0 atom stereocenters. The van der Waals surface area contributed by atoms with Crippen LogP contribution in [-0.2, 0) is 16.8 Å². The van der Waals surface area contributed by atoms with Crippen molar-refractivity contribution in [2.24, 2.45) is 0 Å². The fourth-order valence-electron chi connectivity index (χ4n) is 3.15. The van der Waals surface area contributed by atoms with Crippen molar-refractivity contribution in [2.45, 2.75) is 44.8 Å². The van der Waals surface area contributed by atoms with E-state index in [4.69, 9.17) is 0 Å². The highest BCUT2D eigenvalue weighted by atomic mass is 79.9. The molecule has 2 aromatic carbocycles. The van der Waals surface area contributed by atoms with Crippen LogP contribution in [0.25, 0.3) is 11.4 Å². The molecule has 5 nitrogen and oxygen atoms in total. The largest absolute Gasteiger partial charge is 0.323 e. The van der Waals surface area contributed by atoms with Crippen molar-refractivity contribution in [2.75, 3.05) is 11.1 Å². The van der Waals surface area contributed by atoms with Crippen LogP contribution >= 0.6 is 43.6 Å². The lowest BCUT2D eigenvalue weighted by Crippen LogP contribution is -2.15. The number of benzene rings is 2. The molecule has 0 radical (unpaired) electrons. The summed E-state index contributed by atoms with van der Waals surface area (Å²) in [5.41, 5.74) is 4.14. The third kappa shape index (κ3) is 5.91. The number of halogens is 2. The Morgan fingerprint density at radius 2 is 1.78 bits per heavy atom. The molecule has 1 amide bonds. The second-order valence-corrected chi connectivity index (χ2v) is 11.1. The summed E-state index contributed by atoms with van der Waals surface area (Å²) >= 11 is 8.37. The third-order valence-corrected chi connectivity index (χ3v) is 7.04. The zero-order valence-corrected chi connectivity index (χ0v) is 22.6. The first-order valence-electron chi connectivity index (χ1n) is 10.1. The van der Waals surface area contributed by atoms with E-state index in [1.165, 1.54) is 17.3 Å². The molecule has 1 N–H and O–H groups in total. The van der Waals surface area contributed by atoms with Gasteiger partial charge in [-0.15, -0.1) is 16.8 Å². The van der Waals surface area contributed by atoms with E-state index in [1.807, 2.05) is 23.6 Å². The fraction of sp³-hybridized carbons (Fsp3) is 0.292. The fourth-order valence-corrected chi connectivity index (χ4v) is 5.51. The number of nitrogens with one attached hydrogen (secondary N) is 1. The lowest BCUT2D eigenvalue weighted by atomic mass is 9.87. The van der Waals surface area contributed by atoms with Gasteiger partial charge in [-0.1, -0.05) is 62.9 Å². The normalized spacial score (nSPS) is 11.4. The molecule has 0 fully saturated rings. The quantitative estimate of drug-likeness (QED) is 0.243. The summed E-state index contributed by atoms with van der Waals surface area (Å²) in [5, 5.41) is 12.4. The lowest BCUT2D eigenvalue weighted by Gasteiger charge is -2.19. The Hall–Kier alpha value is -1.90. The third-order valence-electron chi connectivity index (χ3n) is 4.82. The number of anilines is 1. The zero-order valence-electron chi connectivity index (χ0n) is 18.6. The number of thioether (sulfide) groups is 1. The number of carbonyl (C=O) groups excluding carboxylic acids is 1. The number of aryl methyl sites for hydroxylation is 1. The van der Waals surface area contributed by atoms with Crippen molar-refractivity contribution in [3.8, 4) is 11.4 Å². The van der Waals surface area contributed by atoms with E-state index in [2.05, 4.69) is 99.0 Å². The van der Waals surface area contributed by atoms with Crippen LogP contribution in [0.1, 0.15) is 31.9 Å². The standard InChI is InChI=1S/C24H26Br2N4OS/c1-6-11-30-22(16-7-9-17(10-8-16)24(3,4)5)28-29-23(30)32-14-20(31)27-21-18(25)12-15(2)13-19(21)26/h6-10,12-13H,1,11,14H2,2-5H3,(H,27,31). The predicted octanol–water partition coefficient (Wildman–Crippen LogP) is 6.99. The van der Waals surface area contributed by atoms with Crippen molar-refractivity contribution in [3.05, 3.63) is 69.1 Å². The Morgan fingerprint density at radius 1 is 1.16 bits per heavy atom. The highest BCUT2D eigenvalue weighted by molar-refractivity contribution is 9.11. The minimum absolute atomic E-state index is 0.0864. The van der Waals surface area contributed by atoms with Crippen LogP contribution in [0.3, 0.4) is 0 Å². The van der Waals surface area contributed by atoms with Gasteiger partial charge < -0.3 is 5.32 Å². The number of nitrogens with zero attached hydrogens (tertiary/aromatic N) is 3. The number of amides is 1. The molecular weight excluding hydrogens is 552 g/mol. The first-order chi connectivity index (χ1) is 15.1. The minimum atomic E-state index is -0.121. The molecule has 0 bridgehead atoms. The summed E-state index contributed by atoms with van der Waals surface area (Å²) in [7, 11) is 0. The lowest BCUT2D eigenvalue weighted by molar-refractivity contribution is -0.113. The average Bonchev–Trinajstić information content (AvgIpc) is 3.11. The van der Waals surface area contributed by atoms with Gasteiger partial charge >= 0.3 is 0 Å². The van der Waals surface area contributed by atoms with E-state index in [0.717, 1.165) is 25.9 Å². The number of hydrogen-bond acceptors (Lipinski definition) is 4. The summed E-state index contributed by atoms with van der Waals surface area (Å²) in [5.74, 6) is 0.854. The summed E-state index contributed by atoms with van der Waals surface area (Å²) < 4.78 is 3.64. The molecule has 0 aliphatic heterocycles. The Morgan fingerprint density at radius 3 is 2.34 bits per heavy atom. The molecule has 0 aliphatic carbocycles. The molecule has 0 unspecified atom stereocenters. The SMILES string of the molecule is C=CCn1c(SCC(=O)Nc2c(Br)cc(C)cc2Br)nnc1-c1ccc(C(C)(C)C)cc1. The van der Waals surface area contributed by atoms with Gasteiger partial charge in [0.15, 0.2) is 11.0 Å². The maximum absolute atomic E-state index is 12.6. The number of rotatable bonds is 7. The first-order valence-corrected chi connectivity index (χ1v) is 12.7. The van der Waals surface area contributed by atoms with Crippen molar-refractivity contribution < 1.29 is 4.79 Å². The topological polar surface area (TPSA) is 59.8 Å². The number of carbonyl (C=O) groups is 1. The smallest absolute Gasteiger partial charge is 0.234 e. The Kier molecular flexibility index (Phi) is 8.01. The molecule has 32 heavy (non-hydrogen) atoms. The predicted molar refractivity (Wildman–Crippen MR) is 140 cm³/mol. The molecule has 0 saturated carbocycles. The van der Waals surface area contributed by atoms with Gasteiger partial charge in [-0.25, -0.2) is 0 Å². The van der Waals surface area contributed by atoms with Gasteiger partial charge in [0.1, 0.15) is 0 Å². The minimum Gasteiger partial charge on any atom is -0.323 e. The monoisotopic (exact) mass is 576 g/mol. The maximum atomic E-state index is 12.6. The van der Waals surface area contributed by atoms with Gasteiger partial charge in [0, 0.05) is 21.1 Å². The molecule has 8 heteroatoms. The first kappa shape index (κ1) is 24.7. The van der Waals surface area contributed by atoms with Crippen molar-refractivity contribution in [1.82, 2.24) is 14.8 Å². The average molecular weight is 578 g/mol. The highest BCUT2D eigenvalue weighted by Crippen LogP contribution is 2.33. The van der Waals surface area contributed by atoms with E-state index in [-0.39, 0.29) is 17.1 Å². The van der Waals surface area contributed by atoms with Crippen LogP contribution in [0.4, 0.5) is 5.69 Å². The van der Waals surface area contributed by atoms with E-state index >= 15 is 0 Å². The van der Waals surface area contributed by atoms with Crippen molar-refractivity contribution in [1.29, 1.82) is 0 Å². The molecule has 3 aromatic rings. The zero-order chi connectivity index (χ0) is 23.5. The van der Waals surface area contributed by atoms with Crippen LogP contribution < -0.4 is 5.32 Å². The molecule has 1 heterocycles. The van der Waals surface area contributed by atoms with Gasteiger partial charge in [0.2, 0.25) is 5.91 Å². The van der Waals surface area contributed by atoms with Crippen LogP contribution in [0.2, 0.25) is 0 Å². The number of hydrogen-bond donors (Lipinski definition) is 1. The summed E-state index contributed by atoms with van der Waals surface area (Å²) in [6.07, 6.45) is 1.81. The van der Waals surface area contributed by atoms with Gasteiger partial charge in [0.25, 0.3) is 0 Å². The second kappa shape index (κ2) is 10.4. The van der Waals surface area contributed by atoms with Crippen LogP contribution in [-0.4, -0.2) is 26.4 Å². The maximum Gasteiger partial charge on any atom is 0.234 e. The van der Waals surface area contributed by atoms with E-state index in [9.17, 15) is 4.79 Å². The van der Waals surface area contributed by atoms with E-state index < -0.39 is 0 Å². The second-order valence-electron chi connectivity index (χ2n) is 8.47. The molecule has 3 rings (SSSR count). The van der Waals surface area contributed by atoms with Crippen LogP contribution in [0.5, 0.6) is 0 Å². The van der Waals surface area contributed by atoms with E-state index in [0.29, 0.717) is 17.4 Å². The summed E-state index contributed by atoms with van der Waals surface area (Å²) in [6.45, 7) is 13.0. The van der Waals surface area contributed by atoms with Gasteiger partial charge in [0.05, 0.1) is 11.4 Å². The Labute approximate surface area is 210 Å². The number of allylic oxidation sites excluding steroid dienone is 1. The molecule has 1 aromatic heterocycles. The van der Waals surface area contributed by atoms with Crippen LogP contribution in [0.15, 0.2) is 63.2 Å². The highest BCUT2D eigenvalue weighted by Gasteiger charge is 2.18. The molecule has 0 aliphatic rings. The summed E-state index contributed by atoms with van der Waals surface area (Å²) in [4.78, 5) is 12.6. The summed E-state index contributed by atoms with van der Waals surface area (Å²) in [6, 6.07) is 12.3. The molecule has 0 spiro atoms. The van der Waals surface area contributed by atoms with Gasteiger partial charge in [-0.05, 0) is 67.5 Å². The molecule has 0 saturated heterocycles. The van der Waals surface area contributed by atoms with Gasteiger partial charge in [-0.3, -0.25) is 9.36 Å². The number of aromatic nitrogens is 3. The van der Waals surface area contributed by atoms with Crippen molar-refractivity contribution >= 4 is 55.2 Å². The Balaban J connectivity index is 1.76. The van der Waals surface area contributed by atoms with Crippen molar-refractivity contribution in [3.63, 3.8) is 0 Å². The van der Waals surface area contributed by atoms with Gasteiger partial charge in [-0.2, -0.15) is 0 Å². The van der Waals surface area contributed by atoms with E-state index in [1.54, 1.807) is 6.08 Å². The Bertz CT molecular complexity index is 1110. The molecule has 168 valence electrons. The molecular formula is C24H26Br2N4OS.